The molecule has 1 aliphatic rings. The van der Waals surface area contributed by atoms with Crippen molar-refractivity contribution in [3.05, 3.63) is 23.8 Å². The van der Waals surface area contributed by atoms with Gasteiger partial charge in [0.05, 0.1) is 22.2 Å². The molecule has 3 N–H and O–H groups in total. The van der Waals surface area contributed by atoms with Crippen molar-refractivity contribution < 1.29 is 9.90 Å². The van der Waals surface area contributed by atoms with E-state index in [1.165, 1.54) is 11.9 Å². The van der Waals surface area contributed by atoms with Crippen LogP contribution in [0.4, 0.5) is 5.69 Å². The molecule has 1 aromatic carbocycles. The van der Waals surface area contributed by atoms with Crippen LogP contribution in [0.15, 0.2) is 28.1 Å². The summed E-state index contributed by atoms with van der Waals surface area (Å²) in [7, 11) is 0. The van der Waals surface area contributed by atoms with E-state index in [1.54, 1.807) is 18.2 Å². The topological polar surface area (TPSA) is 73.7 Å². The Kier molecular flexibility index (Phi) is 3.76. The van der Waals surface area contributed by atoms with Crippen LogP contribution in [0.3, 0.4) is 0 Å². The number of carboxylic acid groups (broad SMARTS) is 1. The molecule has 0 fully saturated rings. The molecule has 0 amide bonds. The molecule has 1 atom stereocenters. The minimum atomic E-state index is -0.919. The zero-order valence-corrected chi connectivity index (χ0v) is 11.0. The number of hydrogen-bond donors (Lipinski definition) is 3. The Bertz CT molecular complexity index is 502. The van der Waals surface area contributed by atoms with Crippen LogP contribution in [0, 0.1) is 0 Å². The van der Waals surface area contributed by atoms with Crippen molar-refractivity contribution in [2.45, 2.75) is 31.2 Å². The second kappa shape index (κ2) is 5.30. The van der Waals surface area contributed by atoms with Crippen LogP contribution in [0.1, 0.15) is 30.6 Å². The lowest BCUT2D eigenvalue weighted by Crippen LogP contribution is -2.30. The number of nitrogens with one attached hydrogen (secondary N) is 2. The highest BCUT2D eigenvalue weighted by Crippen LogP contribution is 2.29. The fraction of sp³-hybridized carbons (Fsp3) is 0.333. The van der Waals surface area contributed by atoms with Crippen molar-refractivity contribution in [3.63, 3.8) is 0 Å². The molecule has 0 saturated heterocycles. The molecule has 0 saturated carbocycles. The third kappa shape index (κ3) is 2.76. The molecule has 0 aliphatic carbocycles. The number of carboxylic acids is 1. The third-order valence-electron chi connectivity index (χ3n) is 2.68. The van der Waals surface area contributed by atoms with Gasteiger partial charge in [-0.1, -0.05) is 6.92 Å². The van der Waals surface area contributed by atoms with Gasteiger partial charge in [0.1, 0.15) is 0 Å². The predicted octanol–water partition coefficient (Wildman–Crippen LogP) is 2.56. The Balaban J connectivity index is 2.21. The maximum absolute atomic E-state index is 10.9. The molecule has 0 aromatic heterocycles. The van der Waals surface area contributed by atoms with E-state index >= 15 is 0 Å². The highest BCUT2D eigenvalue weighted by Gasteiger charge is 2.16. The first-order valence-electron chi connectivity index (χ1n) is 5.75. The van der Waals surface area contributed by atoms with Crippen LogP contribution in [0.2, 0.25) is 0 Å². The smallest absolute Gasteiger partial charge is 0.335 e. The quantitative estimate of drug-likeness (QED) is 0.732. The van der Waals surface area contributed by atoms with Crippen molar-refractivity contribution in [2.24, 2.45) is 4.99 Å². The molecular formula is C12H15N3O2S. The minimum absolute atomic E-state index is 0.250. The molecule has 1 aliphatic heterocycles. The summed E-state index contributed by atoms with van der Waals surface area (Å²) in [6, 6.07) is 5.24. The second-order valence-electron chi connectivity index (χ2n) is 4.08. The monoisotopic (exact) mass is 265 g/mol. The fourth-order valence-electron chi connectivity index (χ4n) is 1.47. The first kappa shape index (κ1) is 12.8. The van der Waals surface area contributed by atoms with Gasteiger partial charge in [-0.3, -0.25) is 4.72 Å². The summed E-state index contributed by atoms with van der Waals surface area (Å²) in [4.78, 5) is 16.2. The first-order chi connectivity index (χ1) is 8.60. The number of fused-ring (bicyclic) bond motifs is 1. The number of nitrogens with zero attached hydrogens (tertiary/aromatic N) is 1. The maximum Gasteiger partial charge on any atom is 0.335 e. The molecule has 1 unspecified atom stereocenters. The fourth-order valence-corrected chi connectivity index (χ4v) is 2.20. The van der Waals surface area contributed by atoms with E-state index in [9.17, 15) is 4.79 Å². The van der Waals surface area contributed by atoms with Gasteiger partial charge in [0.15, 0.2) is 0 Å². The number of guanidine groups is 1. The molecule has 0 bridgehead atoms. The van der Waals surface area contributed by atoms with E-state index in [1.807, 2.05) is 6.92 Å². The lowest BCUT2D eigenvalue weighted by Gasteiger charge is -2.21. The summed E-state index contributed by atoms with van der Waals surface area (Å²) in [6.07, 6.45) is 0.975. The number of aromatic carboxylic acids is 1. The summed E-state index contributed by atoms with van der Waals surface area (Å²) in [5.74, 6) is -0.206. The molecule has 5 nitrogen and oxygen atoms in total. The highest BCUT2D eigenvalue weighted by atomic mass is 32.2. The van der Waals surface area contributed by atoms with Gasteiger partial charge in [-0.05, 0) is 43.5 Å². The summed E-state index contributed by atoms with van der Waals surface area (Å²) < 4.78 is 3.07. The van der Waals surface area contributed by atoms with Crippen molar-refractivity contribution in [1.29, 1.82) is 0 Å². The van der Waals surface area contributed by atoms with Crippen LogP contribution in [0.25, 0.3) is 0 Å². The summed E-state index contributed by atoms with van der Waals surface area (Å²) in [5, 5.41) is 12.1. The molecule has 18 heavy (non-hydrogen) atoms. The average Bonchev–Trinajstić information content (AvgIpc) is 2.37. The van der Waals surface area contributed by atoms with Crippen LogP contribution >= 0.6 is 11.9 Å². The van der Waals surface area contributed by atoms with Crippen LogP contribution in [-0.4, -0.2) is 23.1 Å². The normalized spacial score (nSPS) is 17.6. The maximum atomic E-state index is 10.9. The summed E-state index contributed by atoms with van der Waals surface area (Å²) in [5.41, 5.74) is 1.16. The Morgan fingerprint density at radius 3 is 3.00 bits per heavy atom. The Hall–Kier alpha value is -1.69. The number of aliphatic imine (C=N–C) groups is 1. The van der Waals surface area contributed by atoms with E-state index in [4.69, 9.17) is 5.11 Å². The molecule has 96 valence electrons. The Labute approximate surface area is 110 Å². The zero-order valence-electron chi connectivity index (χ0n) is 10.2. The SMILES string of the molecule is CCC(C)N=C1NSc2cc(C(=O)O)ccc2N1. The molecule has 0 radical (unpaired) electrons. The van der Waals surface area contributed by atoms with E-state index in [-0.39, 0.29) is 11.6 Å². The van der Waals surface area contributed by atoms with E-state index in [2.05, 4.69) is 22.0 Å². The zero-order chi connectivity index (χ0) is 13.1. The standard InChI is InChI=1S/C12H15N3O2S/c1-3-7(2)13-12-14-9-5-4-8(11(16)17)6-10(9)18-15-12/h4-7H,3H2,1-2H3,(H,16,17)(H2,13,14,15). The third-order valence-corrected chi connectivity index (χ3v) is 3.53. The first-order valence-corrected chi connectivity index (χ1v) is 6.57. The second-order valence-corrected chi connectivity index (χ2v) is 4.93. The van der Waals surface area contributed by atoms with Gasteiger partial charge in [0, 0.05) is 0 Å². The Morgan fingerprint density at radius 2 is 2.33 bits per heavy atom. The molecule has 6 heteroatoms. The van der Waals surface area contributed by atoms with Gasteiger partial charge in [0.25, 0.3) is 0 Å². The number of carbonyl (C=O) groups is 1. The van der Waals surface area contributed by atoms with Gasteiger partial charge in [0.2, 0.25) is 5.96 Å². The lowest BCUT2D eigenvalue weighted by atomic mass is 10.2. The minimum Gasteiger partial charge on any atom is -0.478 e. The summed E-state index contributed by atoms with van der Waals surface area (Å²) in [6.45, 7) is 4.13. The number of rotatable bonds is 3. The van der Waals surface area contributed by atoms with Gasteiger partial charge in [-0.25, -0.2) is 9.79 Å². The van der Waals surface area contributed by atoms with E-state index in [0.29, 0.717) is 5.96 Å². The molecule has 1 heterocycles. The number of hydrogen-bond acceptors (Lipinski definition) is 3. The van der Waals surface area contributed by atoms with Crippen LogP contribution in [0.5, 0.6) is 0 Å². The van der Waals surface area contributed by atoms with Crippen molar-refractivity contribution in [3.8, 4) is 0 Å². The van der Waals surface area contributed by atoms with Crippen LogP contribution in [-0.2, 0) is 0 Å². The van der Waals surface area contributed by atoms with Crippen molar-refractivity contribution >= 4 is 29.6 Å². The Morgan fingerprint density at radius 1 is 1.56 bits per heavy atom. The predicted molar refractivity (Wildman–Crippen MR) is 73.2 cm³/mol. The van der Waals surface area contributed by atoms with E-state index < -0.39 is 5.97 Å². The molecular weight excluding hydrogens is 250 g/mol. The average molecular weight is 265 g/mol. The molecule has 2 rings (SSSR count). The summed E-state index contributed by atoms with van der Waals surface area (Å²) >= 11 is 1.37. The van der Waals surface area contributed by atoms with Crippen molar-refractivity contribution in [1.82, 2.24) is 4.72 Å². The number of anilines is 1. The van der Waals surface area contributed by atoms with Gasteiger partial charge < -0.3 is 10.4 Å². The highest BCUT2D eigenvalue weighted by molar-refractivity contribution is 7.98. The van der Waals surface area contributed by atoms with Crippen molar-refractivity contribution in [2.75, 3.05) is 5.32 Å². The lowest BCUT2D eigenvalue weighted by molar-refractivity contribution is 0.0696. The van der Waals surface area contributed by atoms with Gasteiger partial charge in [-0.2, -0.15) is 0 Å². The molecule has 1 aromatic rings. The largest absolute Gasteiger partial charge is 0.478 e. The molecule has 0 spiro atoms. The number of benzene rings is 1. The van der Waals surface area contributed by atoms with E-state index in [0.717, 1.165) is 17.0 Å². The van der Waals surface area contributed by atoms with Gasteiger partial charge >= 0.3 is 5.97 Å². The van der Waals surface area contributed by atoms with Crippen LogP contribution < -0.4 is 10.0 Å². The van der Waals surface area contributed by atoms with Gasteiger partial charge in [-0.15, -0.1) is 0 Å².